The quantitative estimate of drug-likeness (QED) is 0.0952. The Morgan fingerprint density at radius 1 is 0.881 bits per heavy atom. The highest BCUT2D eigenvalue weighted by molar-refractivity contribution is 5.79. The van der Waals surface area contributed by atoms with Crippen LogP contribution in [0.1, 0.15) is 47.0 Å². The minimum atomic E-state index is -2.80. The molecule has 17 nitrogen and oxygen atoms in total. The van der Waals surface area contributed by atoms with Gasteiger partial charge in [0, 0.05) is 33.1 Å². The van der Waals surface area contributed by atoms with E-state index in [9.17, 15) is 60.0 Å². The summed E-state index contributed by atoms with van der Waals surface area (Å²) in [4.78, 5) is 48.4. The van der Waals surface area contributed by atoms with Crippen LogP contribution in [0.5, 0.6) is 0 Å². The van der Waals surface area contributed by atoms with Gasteiger partial charge in [0.2, 0.25) is 11.8 Å². The van der Waals surface area contributed by atoms with Crippen molar-refractivity contribution in [1.29, 1.82) is 0 Å². The van der Waals surface area contributed by atoms with Gasteiger partial charge in [-0.15, -0.1) is 0 Å². The van der Waals surface area contributed by atoms with Gasteiger partial charge in [-0.1, -0.05) is 13.8 Å². The molecule has 0 aliphatic carbocycles. The molecule has 42 heavy (non-hydrogen) atoms. The Morgan fingerprint density at radius 3 is 1.88 bits per heavy atom. The van der Waals surface area contributed by atoms with Gasteiger partial charge in [0.05, 0.1) is 49.7 Å². The maximum Gasteiger partial charge on any atom is 0.364 e. The van der Waals surface area contributed by atoms with Gasteiger partial charge < -0.3 is 65.7 Å². The summed E-state index contributed by atoms with van der Waals surface area (Å²) in [6.07, 6.45) is -13.5. The molecular weight excluding hydrogens is 568 g/mol. The van der Waals surface area contributed by atoms with E-state index in [4.69, 9.17) is 14.2 Å². The Bertz CT molecular complexity index is 981. The number of ether oxygens (including phenoxy) is 3. The third-order valence-corrected chi connectivity index (χ3v) is 7.60. The highest BCUT2D eigenvalue weighted by Crippen LogP contribution is 2.39. The molecule has 2 saturated heterocycles. The number of amides is 2. The van der Waals surface area contributed by atoms with Gasteiger partial charge in [0.15, 0.2) is 5.60 Å². The minimum absolute atomic E-state index is 0.391. The molecule has 242 valence electrons. The predicted octanol–water partition coefficient (Wildman–Crippen LogP) is -3.96. The van der Waals surface area contributed by atoms with Crippen molar-refractivity contribution in [1.82, 2.24) is 10.6 Å². The predicted molar refractivity (Wildman–Crippen MR) is 137 cm³/mol. The Balaban J connectivity index is 2.47. The van der Waals surface area contributed by atoms with E-state index in [0.29, 0.717) is 0 Å². The van der Waals surface area contributed by atoms with Crippen molar-refractivity contribution in [3.05, 3.63) is 0 Å². The monoisotopic (exact) mass is 610 g/mol. The van der Waals surface area contributed by atoms with Gasteiger partial charge in [0.1, 0.15) is 18.3 Å². The second-order valence-electron chi connectivity index (χ2n) is 11.0. The first-order chi connectivity index (χ1) is 19.4. The first-order valence-corrected chi connectivity index (χ1v) is 13.4. The lowest BCUT2D eigenvalue weighted by molar-refractivity contribution is -0.328. The Kier molecular flexibility index (Phi) is 12.2. The third kappa shape index (κ3) is 7.72. The number of aliphatic carboxylic acids is 2. The van der Waals surface area contributed by atoms with Crippen molar-refractivity contribution >= 4 is 23.8 Å². The van der Waals surface area contributed by atoms with E-state index in [1.807, 2.05) is 0 Å². The van der Waals surface area contributed by atoms with Crippen LogP contribution in [0.4, 0.5) is 0 Å². The summed E-state index contributed by atoms with van der Waals surface area (Å²) in [5, 5.41) is 86.6. The number of aliphatic hydroxyl groups excluding tert-OH is 6. The second-order valence-corrected chi connectivity index (χ2v) is 11.0. The zero-order valence-electron chi connectivity index (χ0n) is 23.7. The van der Waals surface area contributed by atoms with E-state index in [1.54, 1.807) is 13.8 Å². The number of carbonyl (C=O) groups excluding carboxylic acids is 2. The average Bonchev–Trinajstić information content (AvgIpc) is 2.89. The van der Waals surface area contributed by atoms with E-state index < -0.39 is 128 Å². The normalized spacial score (nSPS) is 35.6. The Hall–Kier alpha value is -2.48. The van der Waals surface area contributed by atoms with Crippen LogP contribution in [0.25, 0.3) is 0 Å². The molecular formula is C25H42N2O15. The van der Waals surface area contributed by atoms with Gasteiger partial charge >= 0.3 is 11.9 Å². The van der Waals surface area contributed by atoms with Crippen molar-refractivity contribution < 1.29 is 74.2 Å². The molecule has 2 amide bonds. The van der Waals surface area contributed by atoms with Crippen LogP contribution in [0.3, 0.4) is 0 Å². The molecule has 2 aliphatic heterocycles. The standard InChI is InChI=1S/C25H42N2O15/c1-10(2)24(22(36)37)6-14(32)18(26-11(3)30)17(41-24)5-13(8-28)40-25(23(38)39)7-15(33)19(27-12(4)31)21(42-25)20(35)16(34)9-29/h10,13-21,28-29,32-35H,5-9H2,1-4H3,(H,26,30)(H,27,31)(H,36,37)(H,38,39)/t13-,14?,15?,16+,17+,18?,19?,20+,21-,24-,25+/m0/s1. The highest BCUT2D eigenvalue weighted by atomic mass is 16.7. The summed E-state index contributed by atoms with van der Waals surface area (Å²) in [6.45, 7) is 3.42. The van der Waals surface area contributed by atoms with Crippen molar-refractivity contribution in [2.24, 2.45) is 5.92 Å². The van der Waals surface area contributed by atoms with Gasteiger partial charge in [0.25, 0.3) is 5.79 Å². The smallest absolute Gasteiger partial charge is 0.364 e. The first-order valence-electron chi connectivity index (χ1n) is 13.4. The summed E-state index contributed by atoms with van der Waals surface area (Å²) < 4.78 is 17.2. The van der Waals surface area contributed by atoms with E-state index in [1.165, 1.54) is 0 Å². The minimum Gasteiger partial charge on any atom is -0.479 e. The number of aliphatic hydroxyl groups is 6. The molecule has 0 spiro atoms. The van der Waals surface area contributed by atoms with Crippen molar-refractivity contribution in [3.63, 3.8) is 0 Å². The summed E-state index contributed by atoms with van der Waals surface area (Å²) in [5.74, 6) is -7.99. The molecule has 0 aromatic carbocycles. The number of rotatable bonds is 13. The molecule has 2 heterocycles. The largest absolute Gasteiger partial charge is 0.479 e. The molecule has 0 aromatic rings. The average molecular weight is 611 g/mol. The second kappa shape index (κ2) is 14.3. The lowest BCUT2D eigenvalue weighted by Gasteiger charge is -2.49. The number of nitrogens with one attached hydrogen (secondary N) is 2. The third-order valence-electron chi connectivity index (χ3n) is 7.60. The molecule has 0 aromatic heterocycles. The van der Waals surface area contributed by atoms with Crippen LogP contribution >= 0.6 is 0 Å². The van der Waals surface area contributed by atoms with E-state index in [0.717, 1.165) is 13.8 Å². The molecule has 0 saturated carbocycles. The van der Waals surface area contributed by atoms with E-state index >= 15 is 0 Å². The van der Waals surface area contributed by atoms with E-state index in [-0.39, 0.29) is 0 Å². The molecule has 2 fully saturated rings. The molecule has 4 unspecified atom stereocenters. The fourth-order valence-corrected chi connectivity index (χ4v) is 5.39. The Labute approximate surface area is 241 Å². The van der Waals surface area contributed by atoms with Crippen LogP contribution in [0.2, 0.25) is 0 Å². The molecule has 0 radical (unpaired) electrons. The SMILES string of the molecule is CC(=O)NC1C(O)C[C@@](C(=O)O)(C(C)C)O[C@@H]1C[C@@H](CO)O[C@]1(C(=O)O)CC(O)C(NC(C)=O)[C@@H]([C@H](O)[C@H](O)CO)O1. The summed E-state index contributed by atoms with van der Waals surface area (Å²) >= 11 is 0. The maximum absolute atomic E-state index is 12.5. The van der Waals surface area contributed by atoms with Gasteiger partial charge in [-0.05, 0) is 5.92 Å². The number of carboxylic acids is 2. The molecule has 11 atom stereocenters. The zero-order chi connectivity index (χ0) is 32.2. The zero-order valence-corrected chi connectivity index (χ0v) is 23.7. The summed E-state index contributed by atoms with van der Waals surface area (Å²) in [7, 11) is 0. The molecule has 2 aliphatic rings. The van der Waals surface area contributed by atoms with Gasteiger partial charge in [-0.25, -0.2) is 9.59 Å². The first kappa shape index (κ1) is 35.7. The highest BCUT2D eigenvalue weighted by Gasteiger charge is 2.58. The Morgan fingerprint density at radius 2 is 1.43 bits per heavy atom. The maximum atomic E-state index is 12.5. The number of carboxylic acid groups (broad SMARTS) is 2. The number of carbonyl (C=O) groups is 4. The van der Waals surface area contributed by atoms with Crippen LogP contribution in [-0.4, -0.2) is 144 Å². The summed E-state index contributed by atoms with van der Waals surface area (Å²) in [5.41, 5.74) is -1.91. The number of hydrogen-bond acceptors (Lipinski definition) is 13. The molecule has 0 bridgehead atoms. The van der Waals surface area contributed by atoms with Crippen LogP contribution in [0.15, 0.2) is 0 Å². The lowest BCUT2D eigenvalue weighted by atomic mass is 9.78. The van der Waals surface area contributed by atoms with Crippen molar-refractivity contribution in [2.75, 3.05) is 13.2 Å². The molecule has 2 rings (SSSR count). The van der Waals surface area contributed by atoms with Crippen LogP contribution < -0.4 is 10.6 Å². The van der Waals surface area contributed by atoms with Gasteiger partial charge in [-0.2, -0.15) is 0 Å². The van der Waals surface area contributed by atoms with Crippen molar-refractivity contribution in [2.45, 2.75) is 113 Å². The van der Waals surface area contributed by atoms with Crippen molar-refractivity contribution in [3.8, 4) is 0 Å². The van der Waals surface area contributed by atoms with Crippen LogP contribution in [-0.2, 0) is 33.4 Å². The molecule has 10 N–H and O–H groups in total. The fourth-order valence-electron chi connectivity index (χ4n) is 5.39. The van der Waals surface area contributed by atoms with Crippen LogP contribution in [0, 0.1) is 5.92 Å². The molecule has 17 heteroatoms. The summed E-state index contributed by atoms with van der Waals surface area (Å²) in [6, 6.07) is -2.64. The lowest BCUT2D eigenvalue weighted by Crippen LogP contribution is -2.68. The fraction of sp³-hybridized carbons (Fsp3) is 0.840. The number of hydrogen-bond donors (Lipinski definition) is 10. The van der Waals surface area contributed by atoms with Gasteiger partial charge in [-0.3, -0.25) is 9.59 Å². The topological polar surface area (TPSA) is 282 Å². The van der Waals surface area contributed by atoms with E-state index in [2.05, 4.69) is 10.6 Å².